The number of nitrogens with one attached hydrogen (secondary N) is 1. The van der Waals surface area contributed by atoms with Crippen molar-refractivity contribution in [3.05, 3.63) is 47.5 Å². The summed E-state index contributed by atoms with van der Waals surface area (Å²) in [5.41, 5.74) is 8.41. The van der Waals surface area contributed by atoms with E-state index < -0.39 is 0 Å². The Bertz CT molecular complexity index is 669. The van der Waals surface area contributed by atoms with Crippen molar-refractivity contribution in [3.8, 4) is 11.5 Å². The fraction of sp³-hybridized carbons (Fsp3) is 0.188. The number of carbonyl (C=O) groups excluding carboxylic acids is 1. The minimum atomic E-state index is -0.304. The van der Waals surface area contributed by atoms with Crippen LogP contribution in [0.15, 0.2) is 36.4 Å². The molecular weight excluding hydrogens is 268 g/mol. The number of nitrogen functional groups attached to an aromatic ring is 1. The molecule has 5 heteroatoms. The predicted molar refractivity (Wildman–Crippen MR) is 83.1 cm³/mol. The maximum atomic E-state index is 12.4. The van der Waals surface area contributed by atoms with E-state index in [1.807, 2.05) is 13.0 Å². The third kappa shape index (κ3) is 3.08. The van der Waals surface area contributed by atoms with E-state index in [1.54, 1.807) is 30.3 Å². The Morgan fingerprint density at radius 1 is 1.14 bits per heavy atom. The van der Waals surface area contributed by atoms with Crippen LogP contribution in [0.2, 0.25) is 0 Å². The van der Waals surface area contributed by atoms with Crippen LogP contribution in [0.1, 0.15) is 15.9 Å². The molecule has 2 aromatic rings. The highest BCUT2D eigenvalue weighted by atomic mass is 16.5. The molecule has 0 aliphatic heterocycles. The van der Waals surface area contributed by atoms with Gasteiger partial charge in [0.05, 0.1) is 31.2 Å². The predicted octanol–water partition coefficient (Wildman–Crippen LogP) is 2.85. The summed E-state index contributed by atoms with van der Waals surface area (Å²) in [5.74, 6) is 0.589. The zero-order chi connectivity index (χ0) is 15.4. The summed E-state index contributed by atoms with van der Waals surface area (Å²) in [6.45, 7) is 1.94. The molecule has 0 heterocycles. The van der Waals surface area contributed by atoms with Crippen LogP contribution >= 0.6 is 0 Å². The zero-order valence-corrected chi connectivity index (χ0v) is 12.3. The number of rotatable bonds is 4. The summed E-state index contributed by atoms with van der Waals surface area (Å²) in [7, 11) is 3.02. The molecule has 0 aliphatic carbocycles. The van der Waals surface area contributed by atoms with Crippen molar-refractivity contribution >= 4 is 17.3 Å². The number of aryl methyl sites for hydroxylation is 1. The second-order valence-corrected chi connectivity index (χ2v) is 4.59. The molecule has 110 valence electrons. The molecule has 2 rings (SSSR count). The SMILES string of the molecule is COc1cccc(C(=O)Nc2ccc(C)cc2N)c1OC. The molecule has 0 aliphatic rings. The van der Waals surface area contributed by atoms with E-state index in [-0.39, 0.29) is 5.91 Å². The van der Waals surface area contributed by atoms with Crippen molar-refractivity contribution in [3.63, 3.8) is 0 Å². The van der Waals surface area contributed by atoms with Gasteiger partial charge in [0.25, 0.3) is 5.91 Å². The number of hydrogen-bond donors (Lipinski definition) is 2. The quantitative estimate of drug-likeness (QED) is 0.848. The lowest BCUT2D eigenvalue weighted by Gasteiger charge is -2.13. The maximum Gasteiger partial charge on any atom is 0.259 e. The number of para-hydroxylation sites is 1. The van der Waals surface area contributed by atoms with Crippen LogP contribution in [0.25, 0.3) is 0 Å². The van der Waals surface area contributed by atoms with E-state index in [9.17, 15) is 4.79 Å². The average molecular weight is 286 g/mol. The van der Waals surface area contributed by atoms with Crippen LogP contribution in [0.5, 0.6) is 11.5 Å². The lowest BCUT2D eigenvalue weighted by atomic mass is 10.1. The zero-order valence-electron chi connectivity index (χ0n) is 12.3. The van der Waals surface area contributed by atoms with Crippen LogP contribution in [-0.4, -0.2) is 20.1 Å². The second-order valence-electron chi connectivity index (χ2n) is 4.59. The van der Waals surface area contributed by atoms with Crippen molar-refractivity contribution in [2.24, 2.45) is 0 Å². The Balaban J connectivity index is 2.32. The van der Waals surface area contributed by atoms with Crippen LogP contribution in [-0.2, 0) is 0 Å². The Hall–Kier alpha value is -2.69. The van der Waals surface area contributed by atoms with Gasteiger partial charge in [0, 0.05) is 0 Å². The van der Waals surface area contributed by atoms with Crippen molar-refractivity contribution in [2.45, 2.75) is 6.92 Å². The summed E-state index contributed by atoms with van der Waals surface area (Å²) in [5, 5.41) is 2.78. The molecule has 1 amide bonds. The van der Waals surface area contributed by atoms with E-state index in [0.29, 0.717) is 28.4 Å². The number of amides is 1. The number of ether oxygens (including phenoxy) is 2. The van der Waals surface area contributed by atoms with Gasteiger partial charge in [-0.2, -0.15) is 0 Å². The molecule has 0 radical (unpaired) electrons. The highest BCUT2D eigenvalue weighted by Crippen LogP contribution is 2.31. The molecule has 0 fully saturated rings. The smallest absolute Gasteiger partial charge is 0.259 e. The molecule has 5 nitrogen and oxygen atoms in total. The Kier molecular flexibility index (Phi) is 4.33. The highest BCUT2D eigenvalue weighted by Gasteiger charge is 2.17. The van der Waals surface area contributed by atoms with E-state index in [1.165, 1.54) is 14.2 Å². The van der Waals surface area contributed by atoms with E-state index in [0.717, 1.165) is 5.56 Å². The number of anilines is 2. The van der Waals surface area contributed by atoms with Crippen LogP contribution < -0.4 is 20.5 Å². The minimum absolute atomic E-state index is 0.304. The van der Waals surface area contributed by atoms with Gasteiger partial charge in [0.2, 0.25) is 0 Å². The average Bonchev–Trinajstić information content (AvgIpc) is 2.49. The van der Waals surface area contributed by atoms with Gasteiger partial charge < -0.3 is 20.5 Å². The van der Waals surface area contributed by atoms with Gasteiger partial charge in [-0.15, -0.1) is 0 Å². The Morgan fingerprint density at radius 2 is 1.90 bits per heavy atom. The van der Waals surface area contributed by atoms with Gasteiger partial charge in [-0.3, -0.25) is 4.79 Å². The van der Waals surface area contributed by atoms with Crippen LogP contribution in [0.3, 0.4) is 0 Å². The molecule has 0 aromatic heterocycles. The van der Waals surface area contributed by atoms with Crippen molar-refractivity contribution in [1.82, 2.24) is 0 Å². The monoisotopic (exact) mass is 286 g/mol. The molecule has 0 saturated carbocycles. The number of methoxy groups -OCH3 is 2. The summed E-state index contributed by atoms with van der Waals surface area (Å²) in [4.78, 5) is 12.4. The van der Waals surface area contributed by atoms with Crippen LogP contribution in [0, 0.1) is 6.92 Å². The number of carbonyl (C=O) groups is 1. The van der Waals surface area contributed by atoms with Gasteiger partial charge in [0.15, 0.2) is 11.5 Å². The third-order valence-corrected chi connectivity index (χ3v) is 3.10. The standard InChI is InChI=1S/C16H18N2O3/c1-10-7-8-13(12(17)9-10)18-16(19)11-5-4-6-14(20-2)15(11)21-3/h4-9H,17H2,1-3H3,(H,18,19). The maximum absolute atomic E-state index is 12.4. The third-order valence-electron chi connectivity index (χ3n) is 3.10. The Morgan fingerprint density at radius 3 is 2.52 bits per heavy atom. The first-order valence-corrected chi connectivity index (χ1v) is 6.45. The highest BCUT2D eigenvalue weighted by molar-refractivity contribution is 6.08. The van der Waals surface area contributed by atoms with Gasteiger partial charge >= 0.3 is 0 Å². The van der Waals surface area contributed by atoms with E-state index in [4.69, 9.17) is 15.2 Å². The molecular formula is C16H18N2O3. The molecule has 3 N–H and O–H groups in total. The summed E-state index contributed by atoms with van der Waals surface area (Å²) in [6.07, 6.45) is 0. The van der Waals surface area contributed by atoms with Crippen molar-refractivity contribution in [1.29, 1.82) is 0 Å². The fourth-order valence-electron chi connectivity index (χ4n) is 2.05. The van der Waals surface area contributed by atoms with Gasteiger partial charge in [0.1, 0.15) is 0 Å². The molecule has 0 atom stereocenters. The van der Waals surface area contributed by atoms with E-state index >= 15 is 0 Å². The summed E-state index contributed by atoms with van der Waals surface area (Å²) >= 11 is 0. The first kappa shape index (κ1) is 14.7. The van der Waals surface area contributed by atoms with Crippen LogP contribution in [0.4, 0.5) is 11.4 Å². The second kappa shape index (κ2) is 6.17. The first-order valence-electron chi connectivity index (χ1n) is 6.45. The largest absolute Gasteiger partial charge is 0.493 e. The number of hydrogen-bond acceptors (Lipinski definition) is 4. The van der Waals surface area contributed by atoms with Gasteiger partial charge in [-0.25, -0.2) is 0 Å². The van der Waals surface area contributed by atoms with Crippen molar-refractivity contribution in [2.75, 3.05) is 25.3 Å². The van der Waals surface area contributed by atoms with E-state index in [2.05, 4.69) is 5.32 Å². The summed E-state index contributed by atoms with van der Waals surface area (Å²) in [6, 6.07) is 10.6. The minimum Gasteiger partial charge on any atom is -0.493 e. The number of nitrogens with two attached hydrogens (primary N) is 1. The van der Waals surface area contributed by atoms with Gasteiger partial charge in [-0.05, 0) is 36.8 Å². The molecule has 21 heavy (non-hydrogen) atoms. The fourth-order valence-corrected chi connectivity index (χ4v) is 2.05. The number of benzene rings is 2. The first-order chi connectivity index (χ1) is 10.1. The molecule has 0 saturated heterocycles. The Labute approximate surface area is 123 Å². The topological polar surface area (TPSA) is 73.6 Å². The normalized spacial score (nSPS) is 10.0. The van der Waals surface area contributed by atoms with Crippen molar-refractivity contribution < 1.29 is 14.3 Å². The lowest BCUT2D eigenvalue weighted by molar-refractivity contribution is 0.102. The van der Waals surface area contributed by atoms with Gasteiger partial charge in [-0.1, -0.05) is 12.1 Å². The summed E-state index contributed by atoms with van der Waals surface area (Å²) < 4.78 is 10.4. The lowest BCUT2D eigenvalue weighted by Crippen LogP contribution is -2.14. The molecule has 0 bridgehead atoms. The molecule has 0 unspecified atom stereocenters. The molecule has 2 aromatic carbocycles. The molecule has 0 spiro atoms.